The van der Waals surface area contributed by atoms with Gasteiger partial charge in [0.25, 0.3) is 0 Å². The van der Waals surface area contributed by atoms with Crippen molar-refractivity contribution in [2.24, 2.45) is 5.73 Å². The van der Waals surface area contributed by atoms with E-state index in [1.807, 2.05) is 0 Å². The maximum absolute atomic E-state index is 12.3. The predicted molar refractivity (Wildman–Crippen MR) is 119 cm³/mol. The van der Waals surface area contributed by atoms with Crippen LogP contribution < -0.4 is 16.0 Å². The zero-order chi connectivity index (χ0) is 18.3. The largest absolute Gasteiger partial charge is 0.369 e. The van der Waals surface area contributed by atoms with Gasteiger partial charge in [0.15, 0.2) is 0 Å². The fourth-order valence-corrected chi connectivity index (χ4v) is 3.44. The third kappa shape index (κ3) is 7.49. The fourth-order valence-electron chi connectivity index (χ4n) is 3.44. The molecule has 0 radical (unpaired) electrons. The summed E-state index contributed by atoms with van der Waals surface area (Å²) in [6.45, 7) is 11.7. The molecule has 0 spiro atoms. The Labute approximate surface area is 176 Å². The van der Waals surface area contributed by atoms with Crippen molar-refractivity contribution >= 4 is 36.4 Å². The molecule has 3 N–H and O–H groups in total. The van der Waals surface area contributed by atoms with Crippen LogP contribution >= 0.6 is 24.8 Å². The van der Waals surface area contributed by atoms with E-state index in [4.69, 9.17) is 5.73 Å². The molecule has 1 amide bonds. The van der Waals surface area contributed by atoms with E-state index < -0.39 is 0 Å². The lowest BCUT2D eigenvalue weighted by molar-refractivity contribution is -0.123. The molecular formula is C20H36Cl2N4O. The van der Waals surface area contributed by atoms with Gasteiger partial charge < -0.3 is 16.0 Å². The van der Waals surface area contributed by atoms with Gasteiger partial charge in [0.05, 0.1) is 5.54 Å². The van der Waals surface area contributed by atoms with Crippen LogP contribution in [0.2, 0.25) is 0 Å². The molecule has 2 rings (SSSR count). The molecule has 1 aliphatic heterocycles. The average molecular weight is 419 g/mol. The van der Waals surface area contributed by atoms with Crippen LogP contribution in [-0.4, -0.2) is 55.6 Å². The Kier molecular flexibility index (Phi) is 12.0. The third-order valence-corrected chi connectivity index (χ3v) is 5.54. The van der Waals surface area contributed by atoms with Crippen molar-refractivity contribution < 1.29 is 4.79 Å². The van der Waals surface area contributed by atoms with Crippen LogP contribution in [0.15, 0.2) is 24.3 Å². The number of hydrogen-bond donors (Lipinski definition) is 2. The average Bonchev–Trinajstić information content (AvgIpc) is 2.65. The van der Waals surface area contributed by atoms with Crippen molar-refractivity contribution in [2.45, 2.75) is 45.6 Å². The van der Waals surface area contributed by atoms with Crippen molar-refractivity contribution in [1.29, 1.82) is 0 Å². The molecule has 1 aromatic carbocycles. The molecule has 1 saturated heterocycles. The zero-order valence-corrected chi connectivity index (χ0v) is 18.5. The summed E-state index contributed by atoms with van der Waals surface area (Å²) < 4.78 is 0. The van der Waals surface area contributed by atoms with E-state index >= 15 is 0 Å². The van der Waals surface area contributed by atoms with Crippen molar-refractivity contribution in [3.05, 3.63) is 29.8 Å². The Balaban J connectivity index is 0.00000338. The topological polar surface area (TPSA) is 61.6 Å². The number of amides is 1. The molecule has 1 aliphatic rings. The first kappa shape index (κ1) is 26.0. The summed E-state index contributed by atoms with van der Waals surface area (Å²) >= 11 is 0. The first-order chi connectivity index (χ1) is 12.0. The van der Waals surface area contributed by atoms with Crippen LogP contribution in [0, 0.1) is 6.92 Å². The van der Waals surface area contributed by atoms with E-state index in [9.17, 15) is 4.79 Å². The number of nitrogens with one attached hydrogen (secondary N) is 1. The van der Waals surface area contributed by atoms with Gasteiger partial charge in [-0.05, 0) is 37.5 Å². The Hall–Kier alpha value is -1.01. The number of nitrogens with zero attached hydrogens (tertiary/aromatic N) is 2. The number of benzene rings is 1. The number of carbonyl (C=O) groups is 1. The van der Waals surface area contributed by atoms with Crippen LogP contribution in [0.3, 0.4) is 0 Å². The third-order valence-electron chi connectivity index (χ3n) is 5.54. The van der Waals surface area contributed by atoms with Crippen molar-refractivity contribution in [1.82, 2.24) is 10.2 Å². The Morgan fingerprint density at radius 3 is 2.30 bits per heavy atom. The molecule has 27 heavy (non-hydrogen) atoms. The molecule has 0 unspecified atom stereocenters. The molecule has 0 aromatic heterocycles. The highest BCUT2D eigenvalue weighted by Gasteiger charge is 2.26. The minimum absolute atomic E-state index is 0. The molecule has 1 heterocycles. The number of aryl methyl sites for hydroxylation is 1. The fraction of sp³-hybridized carbons (Fsp3) is 0.650. The van der Waals surface area contributed by atoms with Gasteiger partial charge >= 0.3 is 0 Å². The van der Waals surface area contributed by atoms with E-state index in [1.54, 1.807) is 0 Å². The summed E-state index contributed by atoms with van der Waals surface area (Å²) in [7, 11) is 0. The summed E-state index contributed by atoms with van der Waals surface area (Å²) in [4.78, 5) is 17.1. The van der Waals surface area contributed by atoms with Crippen LogP contribution in [0.25, 0.3) is 0 Å². The normalized spacial score (nSPS) is 14.9. The second kappa shape index (κ2) is 12.4. The van der Waals surface area contributed by atoms with E-state index in [1.165, 1.54) is 11.3 Å². The van der Waals surface area contributed by atoms with Crippen molar-refractivity contribution in [2.75, 3.05) is 44.2 Å². The first-order valence-electron chi connectivity index (χ1n) is 9.57. The highest BCUT2D eigenvalue weighted by atomic mass is 35.5. The molecule has 0 atom stereocenters. The standard InChI is InChI=1S/C20H34N4O.2ClH/c1-4-20(5-2,16-21)22-19(25)9-10-23-11-13-24(14-12-23)18-8-6-7-17(3)15-18;;/h6-8,15H,4-5,9-14,16,21H2,1-3H3,(H,22,25);2*1H. The van der Waals surface area contributed by atoms with Crippen LogP contribution in [0.1, 0.15) is 38.7 Å². The number of hydrogen-bond acceptors (Lipinski definition) is 4. The molecule has 5 nitrogen and oxygen atoms in total. The smallest absolute Gasteiger partial charge is 0.221 e. The van der Waals surface area contributed by atoms with Crippen molar-refractivity contribution in [3.8, 4) is 0 Å². The highest BCUT2D eigenvalue weighted by Crippen LogP contribution is 2.18. The number of halogens is 2. The number of carbonyl (C=O) groups excluding carboxylic acids is 1. The quantitative estimate of drug-likeness (QED) is 0.680. The molecule has 0 saturated carbocycles. The molecule has 7 heteroatoms. The first-order valence-corrected chi connectivity index (χ1v) is 9.57. The summed E-state index contributed by atoms with van der Waals surface area (Å²) in [6.07, 6.45) is 2.30. The summed E-state index contributed by atoms with van der Waals surface area (Å²) in [6, 6.07) is 8.67. The monoisotopic (exact) mass is 418 g/mol. The molecular weight excluding hydrogens is 383 g/mol. The lowest BCUT2D eigenvalue weighted by Crippen LogP contribution is -2.53. The highest BCUT2D eigenvalue weighted by molar-refractivity contribution is 5.85. The summed E-state index contributed by atoms with van der Waals surface area (Å²) in [5.74, 6) is 0.121. The van der Waals surface area contributed by atoms with Gasteiger partial charge in [-0.15, -0.1) is 24.8 Å². The number of nitrogens with two attached hydrogens (primary N) is 1. The van der Waals surface area contributed by atoms with Gasteiger partial charge in [0.2, 0.25) is 5.91 Å². The number of piperazine rings is 1. The summed E-state index contributed by atoms with van der Waals surface area (Å²) in [5, 5.41) is 3.16. The lowest BCUT2D eigenvalue weighted by atomic mass is 9.93. The van der Waals surface area contributed by atoms with E-state index in [0.717, 1.165) is 45.6 Å². The molecule has 1 fully saturated rings. The summed E-state index contributed by atoms with van der Waals surface area (Å²) in [5.41, 5.74) is 8.23. The van der Waals surface area contributed by atoms with E-state index in [0.29, 0.717) is 13.0 Å². The van der Waals surface area contributed by atoms with Gasteiger partial charge in [0, 0.05) is 51.4 Å². The van der Waals surface area contributed by atoms with Crippen LogP contribution in [0.4, 0.5) is 5.69 Å². The Bertz CT molecular complexity index is 550. The molecule has 0 aliphatic carbocycles. The Morgan fingerprint density at radius 2 is 1.78 bits per heavy atom. The van der Waals surface area contributed by atoms with Crippen molar-refractivity contribution in [3.63, 3.8) is 0 Å². The number of rotatable bonds is 8. The minimum atomic E-state index is -0.235. The second-order valence-corrected chi connectivity index (χ2v) is 7.16. The molecule has 0 bridgehead atoms. The second-order valence-electron chi connectivity index (χ2n) is 7.16. The predicted octanol–water partition coefficient (Wildman–Crippen LogP) is 2.98. The SMILES string of the molecule is CCC(CC)(CN)NC(=O)CCN1CCN(c2cccc(C)c2)CC1.Cl.Cl. The van der Waals surface area contributed by atoms with Gasteiger partial charge in [0.1, 0.15) is 0 Å². The van der Waals surface area contributed by atoms with Crippen LogP contribution in [0.5, 0.6) is 0 Å². The maximum Gasteiger partial charge on any atom is 0.221 e. The van der Waals surface area contributed by atoms with Crippen LogP contribution in [-0.2, 0) is 4.79 Å². The maximum atomic E-state index is 12.3. The lowest BCUT2D eigenvalue weighted by Gasteiger charge is -2.36. The van der Waals surface area contributed by atoms with E-state index in [-0.39, 0.29) is 36.3 Å². The molecule has 156 valence electrons. The Morgan fingerprint density at radius 1 is 1.15 bits per heavy atom. The zero-order valence-electron chi connectivity index (χ0n) is 16.9. The van der Waals surface area contributed by atoms with Gasteiger partial charge in [-0.1, -0.05) is 26.0 Å². The minimum Gasteiger partial charge on any atom is -0.369 e. The molecule has 1 aromatic rings. The van der Waals surface area contributed by atoms with Gasteiger partial charge in [-0.3, -0.25) is 9.69 Å². The van der Waals surface area contributed by atoms with Gasteiger partial charge in [-0.2, -0.15) is 0 Å². The van der Waals surface area contributed by atoms with Gasteiger partial charge in [-0.25, -0.2) is 0 Å². The number of anilines is 1. The van der Waals surface area contributed by atoms with E-state index in [2.05, 4.69) is 60.2 Å².